The molecule has 1 aromatic carbocycles. The SMILES string of the molecule is CC(C)C(NC(=O)C1CCCC1)C(=O)N1CCC(O)(c2ccc(Cl)cc2)CC1. The van der Waals surface area contributed by atoms with E-state index in [4.69, 9.17) is 11.6 Å². The van der Waals surface area contributed by atoms with E-state index in [0.717, 1.165) is 31.2 Å². The van der Waals surface area contributed by atoms with Crippen LogP contribution in [-0.2, 0) is 15.2 Å². The third-order valence-electron chi connectivity index (χ3n) is 6.24. The molecule has 2 N–H and O–H groups in total. The molecular weight excluding hydrogens is 376 g/mol. The molecule has 1 unspecified atom stereocenters. The van der Waals surface area contributed by atoms with Crippen LogP contribution in [0, 0.1) is 11.8 Å². The minimum absolute atomic E-state index is 0.0132. The molecule has 2 amide bonds. The maximum Gasteiger partial charge on any atom is 0.245 e. The minimum atomic E-state index is -0.943. The number of hydrogen-bond acceptors (Lipinski definition) is 3. The van der Waals surface area contributed by atoms with E-state index in [2.05, 4.69) is 5.32 Å². The summed E-state index contributed by atoms with van der Waals surface area (Å²) in [5.41, 5.74) is -0.110. The Bertz CT molecular complexity index is 690. The van der Waals surface area contributed by atoms with E-state index in [1.54, 1.807) is 17.0 Å². The summed E-state index contributed by atoms with van der Waals surface area (Å²) in [7, 11) is 0. The van der Waals surface area contributed by atoms with Crippen LogP contribution >= 0.6 is 11.6 Å². The van der Waals surface area contributed by atoms with Crippen molar-refractivity contribution in [2.75, 3.05) is 13.1 Å². The summed E-state index contributed by atoms with van der Waals surface area (Å²) in [4.78, 5) is 27.4. The summed E-state index contributed by atoms with van der Waals surface area (Å²) in [5, 5.41) is 14.7. The van der Waals surface area contributed by atoms with Gasteiger partial charge in [-0.15, -0.1) is 0 Å². The smallest absolute Gasteiger partial charge is 0.245 e. The first-order chi connectivity index (χ1) is 13.3. The van der Waals surface area contributed by atoms with Crippen LogP contribution in [0.5, 0.6) is 0 Å². The van der Waals surface area contributed by atoms with Gasteiger partial charge in [0.2, 0.25) is 11.8 Å². The van der Waals surface area contributed by atoms with Gasteiger partial charge in [0.25, 0.3) is 0 Å². The van der Waals surface area contributed by atoms with Crippen molar-refractivity contribution in [3.05, 3.63) is 34.9 Å². The van der Waals surface area contributed by atoms with Gasteiger partial charge in [0.1, 0.15) is 6.04 Å². The van der Waals surface area contributed by atoms with E-state index in [0.29, 0.717) is 31.0 Å². The molecule has 0 spiro atoms. The standard InChI is InChI=1S/C22H31ClN2O3/c1-15(2)19(24-20(26)16-5-3-4-6-16)21(27)25-13-11-22(28,12-14-25)17-7-9-18(23)10-8-17/h7-10,15-16,19,28H,3-6,11-14H2,1-2H3,(H,24,26). The zero-order valence-corrected chi connectivity index (χ0v) is 17.5. The largest absolute Gasteiger partial charge is 0.385 e. The van der Waals surface area contributed by atoms with E-state index in [-0.39, 0.29) is 23.7 Å². The van der Waals surface area contributed by atoms with E-state index in [9.17, 15) is 14.7 Å². The summed E-state index contributed by atoms with van der Waals surface area (Å²) >= 11 is 5.94. The molecule has 1 atom stereocenters. The van der Waals surface area contributed by atoms with Crippen LogP contribution < -0.4 is 5.32 Å². The predicted molar refractivity (Wildman–Crippen MR) is 110 cm³/mol. The Balaban J connectivity index is 1.61. The molecule has 28 heavy (non-hydrogen) atoms. The topological polar surface area (TPSA) is 69.6 Å². The van der Waals surface area contributed by atoms with Gasteiger partial charge in [-0.2, -0.15) is 0 Å². The highest BCUT2D eigenvalue weighted by molar-refractivity contribution is 6.30. The number of piperidine rings is 1. The molecule has 2 fully saturated rings. The Hall–Kier alpha value is -1.59. The van der Waals surface area contributed by atoms with Gasteiger partial charge in [-0.05, 0) is 49.3 Å². The molecule has 1 heterocycles. The molecular formula is C22H31ClN2O3. The summed E-state index contributed by atoms with van der Waals surface area (Å²) in [6.45, 7) is 4.87. The number of hydrogen-bond donors (Lipinski definition) is 2. The number of rotatable bonds is 5. The van der Waals surface area contributed by atoms with Crippen molar-refractivity contribution in [3.8, 4) is 0 Å². The average Bonchev–Trinajstić information content (AvgIpc) is 3.21. The fraction of sp³-hybridized carbons (Fsp3) is 0.636. The van der Waals surface area contributed by atoms with Crippen molar-refractivity contribution in [2.45, 2.75) is 64.0 Å². The number of nitrogens with one attached hydrogen (secondary N) is 1. The van der Waals surface area contributed by atoms with E-state index >= 15 is 0 Å². The quantitative estimate of drug-likeness (QED) is 0.786. The number of carbonyl (C=O) groups excluding carboxylic acids is 2. The second-order valence-corrected chi connectivity index (χ2v) is 9.01. The van der Waals surface area contributed by atoms with Gasteiger partial charge in [-0.1, -0.05) is 50.4 Å². The molecule has 1 aliphatic heterocycles. The summed E-state index contributed by atoms with van der Waals surface area (Å²) in [6, 6.07) is 6.74. The van der Waals surface area contributed by atoms with Crippen LogP contribution in [0.3, 0.4) is 0 Å². The van der Waals surface area contributed by atoms with Crippen molar-refractivity contribution in [1.82, 2.24) is 10.2 Å². The van der Waals surface area contributed by atoms with Crippen molar-refractivity contribution in [1.29, 1.82) is 0 Å². The summed E-state index contributed by atoms with van der Waals surface area (Å²) in [5.74, 6) is 0.0408. The van der Waals surface area contributed by atoms with Gasteiger partial charge in [0.05, 0.1) is 5.60 Å². The number of halogens is 1. The van der Waals surface area contributed by atoms with Crippen molar-refractivity contribution < 1.29 is 14.7 Å². The molecule has 154 valence electrons. The Morgan fingerprint density at radius 2 is 1.71 bits per heavy atom. The Morgan fingerprint density at radius 1 is 1.14 bits per heavy atom. The van der Waals surface area contributed by atoms with Gasteiger partial charge in [-0.3, -0.25) is 9.59 Å². The predicted octanol–water partition coefficient (Wildman–Crippen LogP) is 3.48. The lowest BCUT2D eigenvalue weighted by Gasteiger charge is -2.40. The van der Waals surface area contributed by atoms with Crippen molar-refractivity contribution in [3.63, 3.8) is 0 Å². The second kappa shape index (κ2) is 8.83. The average molecular weight is 407 g/mol. The van der Waals surface area contributed by atoms with Gasteiger partial charge < -0.3 is 15.3 Å². The number of benzene rings is 1. The van der Waals surface area contributed by atoms with E-state index in [1.165, 1.54) is 0 Å². The van der Waals surface area contributed by atoms with Gasteiger partial charge in [0.15, 0.2) is 0 Å². The number of likely N-dealkylation sites (tertiary alicyclic amines) is 1. The molecule has 1 saturated carbocycles. The highest BCUT2D eigenvalue weighted by Crippen LogP contribution is 2.34. The Kier molecular flexibility index (Phi) is 6.66. The molecule has 0 radical (unpaired) electrons. The fourth-order valence-electron chi connectivity index (χ4n) is 4.32. The minimum Gasteiger partial charge on any atom is -0.385 e. The summed E-state index contributed by atoms with van der Waals surface area (Å²) in [6.07, 6.45) is 4.97. The van der Waals surface area contributed by atoms with Crippen LogP contribution in [0.15, 0.2) is 24.3 Å². The van der Waals surface area contributed by atoms with Crippen LogP contribution in [-0.4, -0.2) is 41.0 Å². The molecule has 6 heteroatoms. The number of carbonyl (C=O) groups is 2. The third-order valence-corrected chi connectivity index (χ3v) is 6.49. The first-order valence-electron chi connectivity index (χ1n) is 10.4. The van der Waals surface area contributed by atoms with Gasteiger partial charge in [-0.25, -0.2) is 0 Å². The maximum atomic E-state index is 13.1. The highest BCUT2D eigenvalue weighted by Gasteiger charge is 2.38. The molecule has 5 nitrogen and oxygen atoms in total. The number of aliphatic hydroxyl groups is 1. The molecule has 3 rings (SSSR count). The van der Waals surface area contributed by atoms with Crippen LogP contribution in [0.4, 0.5) is 0 Å². The Labute approximate surface area is 172 Å². The highest BCUT2D eigenvalue weighted by atomic mass is 35.5. The van der Waals surface area contributed by atoms with Gasteiger partial charge >= 0.3 is 0 Å². The first kappa shape index (κ1) is 21.1. The lowest BCUT2D eigenvalue weighted by molar-refractivity contribution is -0.142. The van der Waals surface area contributed by atoms with E-state index < -0.39 is 11.6 Å². The van der Waals surface area contributed by atoms with Crippen molar-refractivity contribution >= 4 is 23.4 Å². The van der Waals surface area contributed by atoms with Gasteiger partial charge in [0, 0.05) is 24.0 Å². The molecule has 0 bridgehead atoms. The van der Waals surface area contributed by atoms with E-state index in [1.807, 2.05) is 26.0 Å². The normalized spacial score (nSPS) is 21.0. The maximum absolute atomic E-state index is 13.1. The fourth-order valence-corrected chi connectivity index (χ4v) is 4.44. The number of nitrogens with zero attached hydrogens (tertiary/aromatic N) is 1. The third kappa shape index (κ3) is 4.69. The molecule has 2 aliphatic rings. The van der Waals surface area contributed by atoms with Crippen LogP contribution in [0.1, 0.15) is 57.9 Å². The zero-order valence-electron chi connectivity index (χ0n) is 16.8. The first-order valence-corrected chi connectivity index (χ1v) is 10.8. The van der Waals surface area contributed by atoms with Crippen molar-refractivity contribution in [2.24, 2.45) is 11.8 Å². The van der Waals surface area contributed by atoms with Crippen LogP contribution in [0.25, 0.3) is 0 Å². The Morgan fingerprint density at radius 3 is 2.25 bits per heavy atom. The second-order valence-electron chi connectivity index (χ2n) is 8.58. The zero-order chi connectivity index (χ0) is 20.3. The lowest BCUT2D eigenvalue weighted by atomic mass is 9.84. The summed E-state index contributed by atoms with van der Waals surface area (Å²) < 4.78 is 0. The number of amides is 2. The molecule has 1 aromatic rings. The van der Waals surface area contributed by atoms with Crippen LogP contribution in [0.2, 0.25) is 5.02 Å². The monoisotopic (exact) mass is 406 g/mol. The molecule has 1 aliphatic carbocycles. The molecule has 1 saturated heterocycles. The molecule has 0 aromatic heterocycles. The lowest BCUT2D eigenvalue weighted by Crippen LogP contribution is -2.55.